The molecule has 0 fully saturated rings. The van der Waals surface area contributed by atoms with E-state index in [1.54, 1.807) is 4.68 Å². The van der Waals surface area contributed by atoms with Crippen LogP contribution in [0.3, 0.4) is 0 Å². The number of aromatic nitrogens is 2. The van der Waals surface area contributed by atoms with Gasteiger partial charge in [0, 0.05) is 39.4 Å². The van der Waals surface area contributed by atoms with Crippen molar-refractivity contribution in [2.45, 2.75) is 12.5 Å². The molecule has 19 heavy (non-hydrogen) atoms. The highest BCUT2D eigenvalue weighted by Gasteiger charge is 2.12. The average molecular weight is 259 g/mol. The lowest BCUT2D eigenvalue weighted by atomic mass is 10.0. The summed E-state index contributed by atoms with van der Waals surface area (Å²) in [6.07, 6.45) is 2.72. The fourth-order valence-electron chi connectivity index (χ4n) is 2.06. The molecule has 1 aromatic carbocycles. The Balaban J connectivity index is 2.12. The van der Waals surface area contributed by atoms with Gasteiger partial charge in [0.05, 0.1) is 11.7 Å². The molecular weight excluding hydrogens is 238 g/mol. The summed E-state index contributed by atoms with van der Waals surface area (Å²) in [5, 5.41) is 4.38. The van der Waals surface area contributed by atoms with Crippen molar-refractivity contribution in [3.8, 4) is 0 Å². The van der Waals surface area contributed by atoms with E-state index in [0.29, 0.717) is 0 Å². The molecular formula is C14H21N5. The van der Waals surface area contributed by atoms with Crippen LogP contribution in [0.25, 0.3) is 0 Å². The zero-order valence-corrected chi connectivity index (χ0v) is 11.7. The van der Waals surface area contributed by atoms with Crippen LogP contribution in [0.1, 0.15) is 17.3 Å². The molecule has 2 aromatic rings. The van der Waals surface area contributed by atoms with Gasteiger partial charge in [0.25, 0.3) is 0 Å². The molecule has 0 aliphatic heterocycles. The van der Waals surface area contributed by atoms with Gasteiger partial charge in [0.2, 0.25) is 0 Å². The highest BCUT2D eigenvalue weighted by atomic mass is 15.3. The molecule has 1 atom stereocenters. The maximum atomic E-state index is 5.66. The molecule has 0 saturated carbocycles. The Morgan fingerprint density at radius 2 is 1.95 bits per heavy atom. The Morgan fingerprint density at radius 3 is 2.42 bits per heavy atom. The van der Waals surface area contributed by atoms with E-state index in [0.717, 1.165) is 12.1 Å². The first-order valence-corrected chi connectivity index (χ1v) is 6.32. The smallest absolute Gasteiger partial charge is 0.0643 e. The fraction of sp³-hybridized carbons (Fsp3) is 0.357. The van der Waals surface area contributed by atoms with Gasteiger partial charge in [-0.15, -0.1) is 0 Å². The second-order valence-electron chi connectivity index (χ2n) is 4.89. The highest BCUT2D eigenvalue weighted by molar-refractivity contribution is 5.46. The number of benzene rings is 1. The molecule has 5 nitrogen and oxygen atoms in total. The van der Waals surface area contributed by atoms with Crippen LogP contribution < -0.4 is 16.2 Å². The van der Waals surface area contributed by atoms with Crippen LogP contribution in [0.5, 0.6) is 0 Å². The van der Waals surface area contributed by atoms with Gasteiger partial charge in [-0.3, -0.25) is 16.0 Å². The van der Waals surface area contributed by atoms with Crippen LogP contribution >= 0.6 is 0 Å². The molecule has 1 unspecified atom stereocenters. The minimum Gasteiger partial charge on any atom is -0.378 e. The topological polar surface area (TPSA) is 59.1 Å². The summed E-state index contributed by atoms with van der Waals surface area (Å²) in [5.41, 5.74) is 6.24. The van der Waals surface area contributed by atoms with E-state index in [9.17, 15) is 0 Å². The second-order valence-corrected chi connectivity index (χ2v) is 4.89. The van der Waals surface area contributed by atoms with Gasteiger partial charge in [-0.1, -0.05) is 12.1 Å². The van der Waals surface area contributed by atoms with E-state index in [1.807, 2.05) is 33.4 Å². The van der Waals surface area contributed by atoms with E-state index in [1.165, 1.54) is 11.3 Å². The number of hydrogen-bond acceptors (Lipinski definition) is 4. The lowest BCUT2D eigenvalue weighted by molar-refractivity contribution is 0.541. The first kappa shape index (κ1) is 13.6. The molecule has 0 aliphatic rings. The van der Waals surface area contributed by atoms with Crippen LogP contribution in [0.4, 0.5) is 5.69 Å². The van der Waals surface area contributed by atoms with E-state index in [-0.39, 0.29) is 6.04 Å². The van der Waals surface area contributed by atoms with Crippen molar-refractivity contribution in [3.63, 3.8) is 0 Å². The monoisotopic (exact) mass is 259 g/mol. The summed E-state index contributed by atoms with van der Waals surface area (Å²) in [6, 6.07) is 10.5. The Hall–Kier alpha value is -1.85. The molecule has 0 aliphatic carbocycles. The molecule has 0 amide bonds. The van der Waals surface area contributed by atoms with Crippen LogP contribution in [0.2, 0.25) is 0 Å². The fourth-order valence-corrected chi connectivity index (χ4v) is 2.06. The van der Waals surface area contributed by atoms with Gasteiger partial charge in [0.1, 0.15) is 0 Å². The Bertz CT molecular complexity index is 515. The molecule has 0 radical (unpaired) electrons. The summed E-state index contributed by atoms with van der Waals surface area (Å²) in [5.74, 6) is 5.66. The molecule has 1 heterocycles. The SMILES string of the molecule is CN(C)c1ccc(C(Cc2ccn(C)n2)NN)cc1. The minimum absolute atomic E-state index is 0.0751. The summed E-state index contributed by atoms with van der Waals surface area (Å²) in [6.45, 7) is 0. The number of aryl methyl sites for hydroxylation is 1. The summed E-state index contributed by atoms with van der Waals surface area (Å²) < 4.78 is 1.80. The lowest BCUT2D eigenvalue weighted by Crippen LogP contribution is -2.29. The highest BCUT2D eigenvalue weighted by Crippen LogP contribution is 2.20. The minimum atomic E-state index is 0.0751. The standard InChI is InChI=1S/C14H21N5/c1-18(2)13-6-4-11(5-7-13)14(16-15)10-12-8-9-19(3)17-12/h4-9,14,16H,10,15H2,1-3H3. The first-order chi connectivity index (χ1) is 9.10. The number of hydrogen-bond donors (Lipinski definition) is 2. The third kappa shape index (κ3) is 3.33. The molecule has 0 spiro atoms. The van der Waals surface area contributed by atoms with Crippen molar-refractivity contribution in [2.24, 2.45) is 12.9 Å². The van der Waals surface area contributed by atoms with Crippen LogP contribution in [-0.2, 0) is 13.5 Å². The number of nitrogens with two attached hydrogens (primary N) is 1. The van der Waals surface area contributed by atoms with E-state index < -0.39 is 0 Å². The molecule has 5 heteroatoms. The predicted octanol–water partition coefficient (Wildman–Crippen LogP) is 1.23. The zero-order valence-electron chi connectivity index (χ0n) is 11.7. The Kier molecular flexibility index (Phi) is 4.19. The summed E-state index contributed by atoms with van der Waals surface area (Å²) >= 11 is 0. The number of nitrogens with one attached hydrogen (secondary N) is 1. The molecule has 102 valence electrons. The van der Waals surface area contributed by atoms with E-state index in [4.69, 9.17) is 5.84 Å². The van der Waals surface area contributed by atoms with E-state index in [2.05, 4.69) is 39.7 Å². The lowest BCUT2D eigenvalue weighted by Gasteiger charge is -2.17. The third-order valence-corrected chi connectivity index (χ3v) is 3.20. The summed E-state index contributed by atoms with van der Waals surface area (Å²) in [4.78, 5) is 2.08. The quantitative estimate of drug-likeness (QED) is 0.626. The van der Waals surface area contributed by atoms with Crippen molar-refractivity contribution in [1.29, 1.82) is 0 Å². The summed E-state index contributed by atoms with van der Waals surface area (Å²) in [7, 11) is 5.98. The van der Waals surface area contributed by atoms with Crippen molar-refractivity contribution >= 4 is 5.69 Å². The van der Waals surface area contributed by atoms with Gasteiger partial charge < -0.3 is 4.90 Å². The maximum absolute atomic E-state index is 5.66. The number of nitrogens with zero attached hydrogens (tertiary/aromatic N) is 3. The Morgan fingerprint density at radius 1 is 1.26 bits per heavy atom. The van der Waals surface area contributed by atoms with Crippen LogP contribution in [0, 0.1) is 0 Å². The van der Waals surface area contributed by atoms with E-state index >= 15 is 0 Å². The van der Waals surface area contributed by atoms with Gasteiger partial charge >= 0.3 is 0 Å². The Labute approximate surface area is 114 Å². The molecule has 3 N–H and O–H groups in total. The first-order valence-electron chi connectivity index (χ1n) is 6.32. The van der Waals surface area contributed by atoms with Gasteiger partial charge in [-0.25, -0.2) is 0 Å². The van der Waals surface area contributed by atoms with Crippen LogP contribution in [-0.4, -0.2) is 23.9 Å². The molecule has 1 aromatic heterocycles. The third-order valence-electron chi connectivity index (χ3n) is 3.20. The molecule has 0 bridgehead atoms. The van der Waals surface area contributed by atoms with Gasteiger partial charge in [0.15, 0.2) is 0 Å². The van der Waals surface area contributed by atoms with Crippen molar-refractivity contribution in [2.75, 3.05) is 19.0 Å². The molecule has 2 rings (SSSR count). The average Bonchev–Trinajstić information content (AvgIpc) is 2.81. The van der Waals surface area contributed by atoms with Crippen molar-refractivity contribution in [1.82, 2.24) is 15.2 Å². The van der Waals surface area contributed by atoms with Gasteiger partial charge in [-0.2, -0.15) is 5.10 Å². The van der Waals surface area contributed by atoms with Crippen molar-refractivity contribution < 1.29 is 0 Å². The number of hydrazine groups is 1. The maximum Gasteiger partial charge on any atom is 0.0643 e. The van der Waals surface area contributed by atoms with Gasteiger partial charge in [-0.05, 0) is 23.8 Å². The number of rotatable bonds is 5. The predicted molar refractivity (Wildman–Crippen MR) is 77.7 cm³/mol. The normalized spacial score (nSPS) is 12.4. The second kappa shape index (κ2) is 5.86. The largest absolute Gasteiger partial charge is 0.378 e. The van der Waals surface area contributed by atoms with Crippen molar-refractivity contribution in [3.05, 3.63) is 47.8 Å². The van der Waals surface area contributed by atoms with Crippen LogP contribution in [0.15, 0.2) is 36.5 Å². The molecule has 0 saturated heterocycles. The number of anilines is 1. The zero-order chi connectivity index (χ0) is 13.8.